The van der Waals surface area contributed by atoms with E-state index in [1.165, 1.54) is 282 Å². The third kappa shape index (κ3) is 13.7. The second-order valence-corrected chi connectivity index (χ2v) is 39.5. The van der Waals surface area contributed by atoms with E-state index in [0.717, 1.165) is 0 Å². The molecule has 26 aromatic rings. The van der Waals surface area contributed by atoms with E-state index in [1.807, 2.05) is 35.3 Å². The number of rotatable bonds is 7. The third-order valence-electron chi connectivity index (χ3n) is 28.8. The maximum Gasteiger partial charge on any atom is 0.0280 e. The predicted molar refractivity (Wildman–Crippen MR) is 597 cm³/mol. The normalized spacial score (nSPS) is 12.1. The summed E-state index contributed by atoms with van der Waals surface area (Å²) >= 11 is 5.71. The van der Waals surface area contributed by atoms with Gasteiger partial charge in [-0.1, -0.05) is 521 Å². The molecule has 3 aliphatic heterocycles. The molecule has 0 saturated heterocycles. The first-order chi connectivity index (χ1) is 69.0. The molecule has 29 rings (SSSR count). The average Bonchev–Trinajstić information content (AvgIpc) is 0.694. The molecule has 0 spiro atoms. The molecule has 0 unspecified atom stereocenters. The van der Waals surface area contributed by atoms with Gasteiger partial charge in [0.2, 0.25) is 0 Å². The largest absolute Gasteiger partial charge is 0.0881 e. The van der Waals surface area contributed by atoms with Crippen LogP contribution in [0.5, 0.6) is 0 Å². The fraction of sp³-hybridized carbons (Fsp3) is 0. The molecule has 0 nitrogen and oxygen atoms in total. The zero-order chi connectivity index (χ0) is 91.5. The average molecular weight is 1810 g/mol. The van der Waals surface area contributed by atoms with Crippen LogP contribution in [0.1, 0.15) is 0 Å². The smallest absolute Gasteiger partial charge is 0.0280 e. The van der Waals surface area contributed by atoms with E-state index in [2.05, 4.69) is 510 Å². The van der Waals surface area contributed by atoms with Gasteiger partial charge in [-0.05, 0) is 277 Å². The minimum absolute atomic E-state index is 1.23. The molecule has 3 heterocycles. The molecule has 0 aliphatic carbocycles. The van der Waals surface area contributed by atoms with Crippen LogP contribution >= 0.6 is 35.3 Å². The Morgan fingerprint density at radius 3 is 0.655 bits per heavy atom. The van der Waals surface area contributed by atoms with Crippen molar-refractivity contribution in [3.05, 3.63) is 510 Å². The summed E-state index contributed by atoms with van der Waals surface area (Å²) in [6.07, 6.45) is 0. The van der Waals surface area contributed by atoms with Crippen molar-refractivity contribution in [1.29, 1.82) is 0 Å². The summed E-state index contributed by atoms with van der Waals surface area (Å²) in [7, 11) is 0. The first-order valence-electron chi connectivity index (χ1n) is 47.8. The quantitative estimate of drug-likeness (QED) is 0.146. The van der Waals surface area contributed by atoms with Gasteiger partial charge in [-0.2, -0.15) is 0 Å². The molecular formula is C136H84S3. The summed E-state index contributed by atoms with van der Waals surface area (Å²) in [5.74, 6) is 0. The molecule has 139 heavy (non-hydrogen) atoms. The van der Waals surface area contributed by atoms with Crippen LogP contribution in [0.25, 0.3) is 252 Å². The number of fused-ring (bicyclic) bond motifs is 19. The zero-order valence-electron chi connectivity index (χ0n) is 75.7. The van der Waals surface area contributed by atoms with Crippen LogP contribution in [0.3, 0.4) is 0 Å². The second-order valence-electron chi connectivity index (χ2n) is 36.3. The molecule has 646 valence electrons. The van der Waals surface area contributed by atoms with Crippen molar-refractivity contribution in [3.63, 3.8) is 0 Å². The summed E-state index contributed by atoms with van der Waals surface area (Å²) in [6, 6.07) is 188. The molecule has 0 aromatic heterocycles. The fourth-order valence-electron chi connectivity index (χ4n) is 22.9. The Labute approximate surface area is 819 Å². The Kier molecular flexibility index (Phi) is 20.2. The minimum Gasteiger partial charge on any atom is -0.0881 e. The van der Waals surface area contributed by atoms with Crippen molar-refractivity contribution < 1.29 is 0 Å². The molecule has 0 fully saturated rings. The lowest BCUT2D eigenvalue weighted by atomic mass is 9.84. The highest BCUT2D eigenvalue weighted by Crippen LogP contribution is 2.60. The van der Waals surface area contributed by atoms with Gasteiger partial charge in [-0.25, -0.2) is 0 Å². The molecule has 26 aromatic carbocycles. The van der Waals surface area contributed by atoms with E-state index in [1.54, 1.807) is 0 Å². The number of hydrogen-bond donors (Lipinski definition) is 0. The van der Waals surface area contributed by atoms with E-state index in [4.69, 9.17) is 0 Å². The van der Waals surface area contributed by atoms with Gasteiger partial charge in [-0.15, -0.1) is 0 Å². The molecule has 0 N–H and O–H groups in total. The van der Waals surface area contributed by atoms with Gasteiger partial charge in [0, 0.05) is 29.4 Å². The zero-order valence-corrected chi connectivity index (χ0v) is 78.2. The van der Waals surface area contributed by atoms with Crippen molar-refractivity contribution in [2.45, 2.75) is 29.4 Å². The van der Waals surface area contributed by atoms with Gasteiger partial charge < -0.3 is 0 Å². The summed E-state index contributed by atoms with van der Waals surface area (Å²) < 4.78 is 0. The van der Waals surface area contributed by atoms with Crippen molar-refractivity contribution in [2.75, 3.05) is 0 Å². The molecule has 0 saturated carbocycles. The van der Waals surface area contributed by atoms with E-state index in [-0.39, 0.29) is 0 Å². The molecule has 3 aliphatic rings. The van der Waals surface area contributed by atoms with Crippen molar-refractivity contribution in [2.24, 2.45) is 0 Å². The van der Waals surface area contributed by atoms with E-state index >= 15 is 0 Å². The summed E-state index contributed by atoms with van der Waals surface area (Å²) in [6.45, 7) is 0. The topological polar surface area (TPSA) is 0 Å². The number of benzene rings is 26. The Bertz CT molecular complexity index is 9370. The van der Waals surface area contributed by atoms with Crippen molar-refractivity contribution in [3.8, 4) is 145 Å². The third-order valence-corrected chi connectivity index (χ3v) is 32.4. The predicted octanol–water partition coefficient (Wildman–Crippen LogP) is 39.7. The van der Waals surface area contributed by atoms with Crippen LogP contribution in [0, 0.1) is 0 Å². The van der Waals surface area contributed by atoms with Gasteiger partial charge in [0.1, 0.15) is 0 Å². The van der Waals surface area contributed by atoms with E-state index < -0.39 is 0 Å². The van der Waals surface area contributed by atoms with Crippen LogP contribution in [0.2, 0.25) is 0 Å². The Morgan fingerprint density at radius 2 is 0.309 bits per heavy atom. The van der Waals surface area contributed by atoms with Crippen LogP contribution in [-0.2, 0) is 0 Å². The SMILES string of the molecule is c1ccc(-c2c3ccccc3c(-c3cccc4c3Sc3ccccc3-c3cccc5cccc-4c35)c3ccccc23)cc1.c1ccc(-c2cccc(-c3c4ccccc4c(-c4cccc5c4Sc4ccccc4-c4cccc6cccc-5c46)c4ccccc34)c2)cc1.c1ccc2c(c1)Sc1c(-c3c4ccccc4c(-c4cccc5ccccc45)c4ccccc34)cccc1-c1cccc3cccc-2c13. The lowest BCUT2D eigenvalue weighted by Gasteiger charge is -2.24. The van der Waals surface area contributed by atoms with E-state index in [9.17, 15) is 0 Å². The molecule has 0 radical (unpaired) electrons. The van der Waals surface area contributed by atoms with E-state index in [0.29, 0.717) is 0 Å². The summed E-state index contributed by atoms with van der Waals surface area (Å²) in [5.41, 5.74) is 33.3. The number of hydrogen-bond acceptors (Lipinski definition) is 3. The monoisotopic (exact) mass is 1810 g/mol. The maximum absolute atomic E-state index is 2.35. The van der Waals surface area contributed by atoms with Gasteiger partial charge in [0.25, 0.3) is 0 Å². The lowest BCUT2D eigenvalue weighted by molar-refractivity contribution is 1.39. The van der Waals surface area contributed by atoms with Gasteiger partial charge in [0.05, 0.1) is 0 Å². The Hall–Kier alpha value is -16.6. The molecule has 0 amide bonds. The minimum atomic E-state index is 1.23. The molecule has 3 heteroatoms. The highest BCUT2D eigenvalue weighted by Gasteiger charge is 2.31. The standard InChI is InChI=1S/C48H30S.C46H28S.C42H26S/c1-2-14-31(15-3-1)33-18-10-19-34(30-33)46-37-21-4-6-23-39(37)47(40-24-7-5-22-38(40)46)43-28-13-27-42-41-26-12-17-32-16-11-25-36(45(32)41)35-20-8-9-29-44(35)49-48(42)43;1-2-17-31-29(13-1)14-9-23-33(31)44-35-19-3-5-21-37(35)45(38-22-6-4-20-36(38)44)41-27-12-26-40-39-25-11-16-30-15-10-24-34(43(30)39)32-18-7-8-28-42(32)47-46(40)41;1-2-13-27(14-3-1)40-31-18-4-6-20-33(31)41(34-21-7-5-19-32(34)40)37-25-12-24-36-35-23-11-16-28-15-10-22-30(39(28)35)29-17-8-9-26-38(29)43-42(36)37/h1-30H;1-28H;1-26H. The maximum atomic E-state index is 2.35. The molecular weight excluding hydrogens is 1730 g/mol. The molecule has 0 bridgehead atoms. The summed E-state index contributed by atoms with van der Waals surface area (Å²) in [4.78, 5) is 7.75. The first-order valence-corrected chi connectivity index (χ1v) is 50.3. The van der Waals surface area contributed by atoms with Gasteiger partial charge >= 0.3 is 0 Å². The lowest BCUT2D eigenvalue weighted by Crippen LogP contribution is -1.97. The van der Waals surface area contributed by atoms with Gasteiger partial charge in [-0.3, -0.25) is 0 Å². The molecule has 0 atom stereocenters. The highest BCUT2D eigenvalue weighted by atomic mass is 32.2. The second kappa shape index (κ2) is 34.3. The van der Waals surface area contributed by atoms with Crippen LogP contribution in [0.15, 0.2) is 539 Å². The van der Waals surface area contributed by atoms with Crippen molar-refractivity contribution in [1.82, 2.24) is 0 Å². The van der Waals surface area contributed by atoms with Crippen LogP contribution in [0.4, 0.5) is 0 Å². The first kappa shape index (κ1) is 81.9. The van der Waals surface area contributed by atoms with Gasteiger partial charge in [0.15, 0.2) is 0 Å². The van der Waals surface area contributed by atoms with Crippen molar-refractivity contribution >= 4 is 143 Å². The highest BCUT2D eigenvalue weighted by molar-refractivity contribution is 8.00. The fourth-order valence-corrected chi connectivity index (χ4v) is 26.6. The Balaban J connectivity index is 0.000000105. The summed E-state index contributed by atoms with van der Waals surface area (Å²) in [5, 5.41) is 25.6. The Morgan fingerprint density at radius 1 is 0.108 bits per heavy atom. The van der Waals surface area contributed by atoms with Crippen LogP contribution < -0.4 is 0 Å². The van der Waals surface area contributed by atoms with Crippen LogP contribution in [-0.4, -0.2) is 0 Å².